The molecule has 1 fully saturated rings. The lowest BCUT2D eigenvalue weighted by Gasteiger charge is -2.28. The maximum absolute atomic E-state index is 9.92. The van der Waals surface area contributed by atoms with Gasteiger partial charge in [-0.1, -0.05) is 12.8 Å². The molecule has 3 rings (SSSR count). The van der Waals surface area contributed by atoms with E-state index in [0.29, 0.717) is 5.65 Å². The smallest absolute Gasteiger partial charge is 0.175 e. The van der Waals surface area contributed by atoms with Gasteiger partial charge in [0.1, 0.15) is 12.1 Å². The van der Waals surface area contributed by atoms with Crippen LogP contribution in [0, 0.1) is 0 Å². The van der Waals surface area contributed by atoms with Gasteiger partial charge in [-0.3, -0.25) is 4.98 Å². The summed E-state index contributed by atoms with van der Waals surface area (Å²) in [6.07, 6.45) is 8.67. The summed E-state index contributed by atoms with van der Waals surface area (Å²) in [7, 11) is 0. The molecule has 1 aliphatic rings. The van der Waals surface area contributed by atoms with Crippen LogP contribution in [0.25, 0.3) is 5.65 Å². The second-order valence-corrected chi connectivity index (χ2v) is 4.43. The number of aromatic nitrogens is 4. The number of aliphatic hydroxyl groups is 1. The highest BCUT2D eigenvalue weighted by molar-refractivity contribution is 5.45. The molecule has 0 spiro atoms. The Morgan fingerprint density at radius 2 is 2.18 bits per heavy atom. The van der Waals surface area contributed by atoms with Crippen LogP contribution in [0.5, 0.6) is 0 Å². The van der Waals surface area contributed by atoms with E-state index in [2.05, 4.69) is 20.4 Å². The van der Waals surface area contributed by atoms with Crippen molar-refractivity contribution < 1.29 is 5.11 Å². The molecule has 6 heteroatoms. The first-order valence-corrected chi connectivity index (χ1v) is 5.93. The van der Waals surface area contributed by atoms with Crippen molar-refractivity contribution in [1.82, 2.24) is 19.6 Å². The van der Waals surface area contributed by atoms with E-state index in [1.54, 1.807) is 16.9 Å². The predicted octanol–water partition coefficient (Wildman–Crippen LogP) is 0.840. The summed E-state index contributed by atoms with van der Waals surface area (Å²) in [5, 5.41) is 17.4. The molecule has 6 nitrogen and oxygen atoms in total. The molecule has 0 amide bonds. The minimum atomic E-state index is -0.289. The normalized spacial score (nSPS) is 25.0. The Morgan fingerprint density at radius 1 is 1.29 bits per heavy atom. The topological polar surface area (TPSA) is 75.3 Å². The zero-order valence-electron chi connectivity index (χ0n) is 9.45. The van der Waals surface area contributed by atoms with Crippen molar-refractivity contribution in [3.63, 3.8) is 0 Å². The molecule has 0 saturated heterocycles. The lowest BCUT2D eigenvalue weighted by molar-refractivity contribution is 0.116. The van der Waals surface area contributed by atoms with E-state index in [1.807, 2.05) is 0 Å². The van der Waals surface area contributed by atoms with E-state index in [1.165, 1.54) is 6.33 Å². The highest BCUT2D eigenvalue weighted by atomic mass is 16.3. The number of nitrogens with zero attached hydrogens (tertiary/aromatic N) is 4. The molecule has 2 atom stereocenters. The van der Waals surface area contributed by atoms with Gasteiger partial charge < -0.3 is 10.4 Å². The molecule has 2 heterocycles. The summed E-state index contributed by atoms with van der Waals surface area (Å²) >= 11 is 0. The van der Waals surface area contributed by atoms with Gasteiger partial charge in [0.25, 0.3) is 0 Å². The molecule has 0 aliphatic heterocycles. The van der Waals surface area contributed by atoms with Crippen molar-refractivity contribution >= 4 is 11.5 Å². The first-order chi connectivity index (χ1) is 8.34. The van der Waals surface area contributed by atoms with Gasteiger partial charge >= 0.3 is 0 Å². The number of fused-ring (bicyclic) bond motifs is 1. The number of anilines is 1. The van der Waals surface area contributed by atoms with Gasteiger partial charge in [0.2, 0.25) is 0 Å². The van der Waals surface area contributed by atoms with Crippen LogP contribution in [0.3, 0.4) is 0 Å². The summed E-state index contributed by atoms with van der Waals surface area (Å²) < 4.78 is 1.70. The molecular formula is C11H15N5O. The summed E-state index contributed by atoms with van der Waals surface area (Å²) in [5.41, 5.74) is 0.709. The third-order valence-corrected chi connectivity index (χ3v) is 3.25. The Balaban J connectivity index is 1.86. The van der Waals surface area contributed by atoms with Gasteiger partial charge in [-0.05, 0) is 12.8 Å². The molecule has 0 radical (unpaired) electrons. The van der Waals surface area contributed by atoms with E-state index in [4.69, 9.17) is 0 Å². The highest BCUT2D eigenvalue weighted by Crippen LogP contribution is 2.21. The Kier molecular flexibility index (Phi) is 2.64. The van der Waals surface area contributed by atoms with E-state index in [0.717, 1.165) is 31.5 Å². The Morgan fingerprint density at radius 3 is 3.06 bits per heavy atom. The average Bonchev–Trinajstić information content (AvgIpc) is 2.81. The molecule has 0 bridgehead atoms. The molecule has 0 unspecified atom stereocenters. The van der Waals surface area contributed by atoms with Gasteiger partial charge in [-0.25, -0.2) is 4.98 Å². The van der Waals surface area contributed by atoms with Crippen LogP contribution in [-0.4, -0.2) is 36.8 Å². The average molecular weight is 233 g/mol. The third-order valence-electron chi connectivity index (χ3n) is 3.25. The fourth-order valence-electron chi connectivity index (χ4n) is 2.32. The van der Waals surface area contributed by atoms with E-state index < -0.39 is 0 Å². The van der Waals surface area contributed by atoms with Gasteiger partial charge in [-0.2, -0.15) is 9.61 Å². The van der Waals surface area contributed by atoms with E-state index >= 15 is 0 Å². The number of hydrogen-bond donors (Lipinski definition) is 2. The maximum atomic E-state index is 9.92. The summed E-state index contributed by atoms with van der Waals surface area (Å²) in [6, 6.07) is 0.0837. The third kappa shape index (κ3) is 1.95. The fourth-order valence-corrected chi connectivity index (χ4v) is 2.32. The number of rotatable bonds is 2. The van der Waals surface area contributed by atoms with Crippen molar-refractivity contribution in [2.24, 2.45) is 0 Å². The lowest BCUT2D eigenvalue weighted by Crippen LogP contribution is -2.36. The van der Waals surface area contributed by atoms with Crippen LogP contribution in [-0.2, 0) is 0 Å². The molecular weight excluding hydrogens is 218 g/mol. The monoisotopic (exact) mass is 233 g/mol. The van der Waals surface area contributed by atoms with Crippen molar-refractivity contribution in [1.29, 1.82) is 0 Å². The summed E-state index contributed by atoms with van der Waals surface area (Å²) in [6.45, 7) is 0. The molecule has 0 aromatic carbocycles. The number of aliphatic hydroxyl groups excluding tert-OH is 1. The molecule has 2 N–H and O–H groups in total. The standard InChI is InChI=1S/C11H15N5O/c17-9-4-2-1-3-8(9)15-11-6-12-5-10-13-7-14-16(10)11/h5-9,15,17H,1-4H2/t8-,9-/m0/s1. The molecule has 17 heavy (non-hydrogen) atoms. The molecule has 1 saturated carbocycles. The Labute approximate surface area is 98.7 Å². The van der Waals surface area contributed by atoms with Crippen LogP contribution < -0.4 is 5.32 Å². The van der Waals surface area contributed by atoms with Crippen molar-refractivity contribution in [2.45, 2.75) is 37.8 Å². The van der Waals surface area contributed by atoms with Gasteiger partial charge in [0, 0.05) is 0 Å². The Bertz CT molecular complexity index is 511. The van der Waals surface area contributed by atoms with Gasteiger partial charge in [-0.15, -0.1) is 0 Å². The SMILES string of the molecule is O[C@H]1CCCC[C@@H]1Nc1cncc2ncnn12. The lowest BCUT2D eigenvalue weighted by atomic mass is 9.93. The number of hydrogen-bond acceptors (Lipinski definition) is 5. The minimum absolute atomic E-state index is 0.0837. The van der Waals surface area contributed by atoms with E-state index in [-0.39, 0.29) is 12.1 Å². The van der Waals surface area contributed by atoms with Gasteiger partial charge in [0.15, 0.2) is 5.65 Å². The van der Waals surface area contributed by atoms with Crippen molar-refractivity contribution in [3.8, 4) is 0 Å². The number of nitrogens with one attached hydrogen (secondary N) is 1. The highest BCUT2D eigenvalue weighted by Gasteiger charge is 2.23. The predicted molar refractivity (Wildman–Crippen MR) is 62.7 cm³/mol. The van der Waals surface area contributed by atoms with E-state index in [9.17, 15) is 5.11 Å². The zero-order chi connectivity index (χ0) is 11.7. The largest absolute Gasteiger partial charge is 0.391 e. The molecule has 2 aromatic heterocycles. The van der Waals surface area contributed by atoms with Crippen LogP contribution in [0.2, 0.25) is 0 Å². The zero-order valence-corrected chi connectivity index (χ0v) is 9.45. The first-order valence-electron chi connectivity index (χ1n) is 5.93. The van der Waals surface area contributed by atoms with Crippen LogP contribution in [0.15, 0.2) is 18.7 Å². The summed E-state index contributed by atoms with van der Waals surface area (Å²) in [4.78, 5) is 8.19. The Hall–Kier alpha value is -1.69. The quantitative estimate of drug-likeness (QED) is 0.804. The first kappa shape index (κ1) is 10.5. The second-order valence-electron chi connectivity index (χ2n) is 4.43. The van der Waals surface area contributed by atoms with Crippen molar-refractivity contribution in [3.05, 3.63) is 18.7 Å². The molecule has 1 aliphatic carbocycles. The maximum Gasteiger partial charge on any atom is 0.175 e. The van der Waals surface area contributed by atoms with Gasteiger partial charge in [0.05, 0.1) is 24.5 Å². The van der Waals surface area contributed by atoms with Crippen LogP contribution in [0.4, 0.5) is 5.82 Å². The summed E-state index contributed by atoms with van der Waals surface area (Å²) in [5.74, 6) is 0.783. The molecule has 90 valence electrons. The van der Waals surface area contributed by atoms with Crippen molar-refractivity contribution in [2.75, 3.05) is 5.32 Å². The minimum Gasteiger partial charge on any atom is -0.391 e. The van der Waals surface area contributed by atoms with Crippen LogP contribution >= 0.6 is 0 Å². The van der Waals surface area contributed by atoms with Crippen LogP contribution in [0.1, 0.15) is 25.7 Å². The fraction of sp³-hybridized carbons (Fsp3) is 0.545. The second kappa shape index (κ2) is 4.29. The molecule has 2 aromatic rings.